The van der Waals surface area contributed by atoms with Crippen molar-refractivity contribution in [1.29, 1.82) is 0 Å². The molecule has 1 aromatic carbocycles. The molecule has 0 unspecified atom stereocenters. The molecule has 0 aliphatic heterocycles. The van der Waals surface area contributed by atoms with Gasteiger partial charge >= 0.3 is 7.60 Å². The predicted octanol–water partition coefficient (Wildman–Crippen LogP) is 0.275. The van der Waals surface area contributed by atoms with E-state index in [0.29, 0.717) is 11.4 Å². The normalized spacial score (nSPS) is 11.6. The van der Waals surface area contributed by atoms with Gasteiger partial charge in [-0.3, -0.25) is 9.66 Å². The lowest BCUT2D eigenvalue weighted by molar-refractivity contribution is 0.387. The van der Waals surface area contributed by atoms with Crippen molar-refractivity contribution in [2.45, 2.75) is 0 Å². The van der Waals surface area contributed by atoms with E-state index < -0.39 is 7.60 Å². The molecule has 15 heavy (non-hydrogen) atoms. The minimum atomic E-state index is -4.16. The summed E-state index contributed by atoms with van der Waals surface area (Å²) >= 11 is 0. The minimum absolute atomic E-state index is 0.0122. The van der Waals surface area contributed by atoms with Gasteiger partial charge in [-0.1, -0.05) is 12.1 Å². The molecule has 0 saturated carbocycles. The lowest BCUT2D eigenvalue weighted by atomic mass is 10.2. The van der Waals surface area contributed by atoms with Gasteiger partial charge in [-0.15, -0.1) is 0 Å². The monoisotopic (exact) mass is 225 g/mol. The first-order chi connectivity index (χ1) is 7.07. The summed E-state index contributed by atoms with van der Waals surface area (Å²) in [6, 6.07) is 5.87. The molecule has 1 heterocycles. The Morgan fingerprint density at radius 3 is 2.33 bits per heavy atom. The average Bonchev–Trinajstić information content (AvgIpc) is 2.69. The Hall–Kier alpha value is -1.49. The summed E-state index contributed by atoms with van der Waals surface area (Å²) < 4.78 is 10.9. The van der Waals surface area contributed by atoms with Crippen LogP contribution in [0, 0.1) is 0 Å². The van der Waals surface area contributed by atoms with Crippen LogP contribution in [0.2, 0.25) is 0 Å². The molecule has 6 nitrogen and oxygen atoms in total. The van der Waals surface area contributed by atoms with Crippen LogP contribution < -0.4 is 5.30 Å². The van der Waals surface area contributed by atoms with E-state index >= 15 is 0 Å². The smallest absolute Gasteiger partial charge is 0.321 e. The topological polar surface area (TPSA) is 99.1 Å². The number of aromatic amines is 1. The van der Waals surface area contributed by atoms with Gasteiger partial charge in [-0.25, -0.2) is 4.98 Å². The van der Waals surface area contributed by atoms with Gasteiger partial charge < -0.3 is 9.79 Å². The van der Waals surface area contributed by atoms with E-state index in [1.54, 1.807) is 12.1 Å². The molecular formula is C8H8N3O3P. The first-order valence-corrected chi connectivity index (χ1v) is 5.71. The van der Waals surface area contributed by atoms with Crippen molar-refractivity contribution in [2.24, 2.45) is 0 Å². The SMILES string of the molecule is O=P(O)(O)c1ccc(-c2nc[nH]n2)cc1. The third kappa shape index (κ3) is 2.12. The Bertz CT molecular complexity index is 488. The van der Waals surface area contributed by atoms with Crippen molar-refractivity contribution in [3.63, 3.8) is 0 Å². The number of H-pyrrole nitrogens is 1. The number of benzene rings is 1. The maximum atomic E-state index is 10.9. The summed E-state index contributed by atoms with van der Waals surface area (Å²) in [5, 5.41) is 6.39. The zero-order valence-electron chi connectivity index (χ0n) is 7.53. The van der Waals surface area contributed by atoms with Crippen LogP contribution in [0.5, 0.6) is 0 Å². The molecule has 7 heteroatoms. The highest BCUT2D eigenvalue weighted by Crippen LogP contribution is 2.33. The molecule has 2 rings (SSSR count). The van der Waals surface area contributed by atoms with E-state index in [1.165, 1.54) is 18.5 Å². The van der Waals surface area contributed by atoms with E-state index in [2.05, 4.69) is 15.2 Å². The largest absolute Gasteiger partial charge is 0.356 e. The maximum Gasteiger partial charge on any atom is 0.356 e. The lowest BCUT2D eigenvalue weighted by Crippen LogP contribution is -2.02. The number of nitrogens with one attached hydrogen (secondary N) is 1. The Balaban J connectivity index is 2.37. The van der Waals surface area contributed by atoms with Crippen molar-refractivity contribution in [2.75, 3.05) is 0 Å². The first-order valence-electron chi connectivity index (χ1n) is 4.10. The molecular weight excluding hydrogens is 217 g/mol. The molecule has 0 atom stereocenters. The molecule has 0 fully saturated rings. The van der Waals surface area contributed by atoms with Crippen molar-refractivity contribution >= 4 is 12.9 Å². The standard InChI is InChI=1S/C8H8N3O3P/c12-15(13,14)7-3-1-6(2-4-7)8-9-5-10-11-8/h1-5H,(H,9,10,11)(H2,12,13,14). The summed E-state index contributed by atoms with van der Waals surface area (Å²) in [5.41, 5.74) is 0.702. The fourth-order valence-electron chi connectivity index (χ4n) is 1.15. The molecule has 0 aliphatic carbocycles. The van der Waals surface area contributed by atoms with E-state index in [-0.39, 0.29) is 5.30 Å². The van der Waals surface area contributed by atoms with Crippen LogP contribution in [0.25, 0.3) is 11.4 Å². The van der Waals surface area contributed by atoms with Gasteiger partial charge in [-0.2, -0.15) is 5.10 Å². The van der Waals surface area contributed by atoms with Gasteiger partial charge in [-0.05, 0) is 12.1 Å². The molecule has 0 aliphatic rings. The predicted molar refractivity (Wildman–Crippen MR) is 53.5 cm³/mol. The van der Waals surface area contributed by atoms with Crippen molar-refractivity contribution in [3.8, 4) is 11.4 Å². The van der Waals surface area contributed by atoms with Crippen LogP contribution in [0.1, 0.15) is 0 Å². The summed E-state index contributed by atoms with van der Waals surface area (Å²) in [6.07, 6.45) is 1.44. The van der Waals surface area contributed by atoms with Crippen LogP contribution in [0.3, 0.4) is 0 Å². The highest BCUT2D eigenvalue weighted by atomic mass is 31.2. The Morgan fingerprint density at radius 2 is 1.87 bits per heavy atom. The zero-order chi connectivity index (χ0) is 10.9. The molecule has 1 aromatic heterocycles. The maximum absolute atomic E-state index is 10.9. The second-order valence-electron chi connectivity index (χ2n) is 2.91. The Morgan fingerprint density at radius 1 is 1.20 bits per heavy atom. The third-order valence-corrected chi connectivity index (χ3v) is 2.85. The minimum Gasteiger partial charge on any atom is -0.321 e. The van der Waals surface area contributed by atoms with Gasteiger partial charge in [0.1, 0.15) is 6.33 Å². The lowest BCUT2D eigenvalue weighted by Gasteiger charge is -2.03. The fourth-order valence-corrected chi connectivity index (χ4v) is 1.69. The van der Waals surface area contributed by atoms with Crippen LogP contribution >= 0.6 is 7.60 Å². The van der Waals surface area contributed by atoms with Gasteiger partial charge in [0.05, 0.1) is 5.30 Å². The highest BCUT2D eigenvalue weighted by molar-refractivity contribution is 7.60. The number of hydrogen-bond donors (Lipinski definition) is 3. The van der Waals surface area contributed by atoms with E-state index in [1.807, 2.05) is 0 Å². The van der Waals surface area contributed by atoms with Gasteiger partial charge in [0.15, 0.2) is 5.82 Å². The summed E-state index contributed by atoms with van der Waals surface area (Å²) in [4.78, 5) is 21.7. The van der Waals surface area contributed by atoms with Crippen molar-refractivity contribution in [1.82, 2.24) is 15.2 Å². The number of nitrogens with zero attached hydrogens (tertiary/aromatic N) is 2. The van der Waals surface area contributed by atoms with Crippen LogP contribution in [-0.4, -0.2) is 25.0 Å². The number of hydrogen-bond acceptors (Lipinski definition) is 3. The van der Waals surface area contributed by atoms with Crippen molar-refractivity contribution < 1.29 is 14.4 Å². The fraction of sp³-hybridized carbons (Fsp3) is 0. The second kappa shape index (κ2) is 3.58. The second-order valence-corrected chi connectivity index (χ2v) is 4.52. The average molecular weight is 225 g/mol. The Kier molecular flexibility index (Phi) is 2.40. The summed E-state index contributed by atoms with van der Waals surface area (Å²) in [7, 11) is -4.16. The van der Waals surface area contributed by atoms with Gasteiger partial charge in [0, 0.05) is 5.56 Å². The zero-order valence-corrected chi connectivity index (χ0v) is 8.43. The highest BCUT2D eigenvalue weighted by Gasteiger charge is 2.16. The van der Waals surface area contributed by atoms with Crippen LogP contribution in [-0.2, 0) is 4.57 Å². The molecule has 0 radical (unpaired) electrons. The van der Waals surface area contributed by atoms with E-state index in [4.69, 9.17) is 9.79 Å². The Labute approximate surface area is 85.2 Å². The molecule has 0 spiro atoms. The summed E-state index contributed by atoms with van der Waals surface area (Å²) in [5.74, 6) is 0.493. The van der Waals surface area contributed by atoms with E-state index in [0.717, 1.165) is 0 Å². The van der Waals surface area contributed by atoms with Crippen molar-refractivity contribution in [3.05, 3.63) is 30.6 Å². The molecule has 3 N–H and O–H groups in total. The third-order valence-electron chi connectivity index (χ3n) is 1.88. The number of rotatable bonds is 2. The molecule has 0 amide bonds. The summed E-state index contributed by atoms with van der Waals surface area (Å²) in [6.45, 7) is 0. The first kappa shape index (κ1) is 10.0. The quantitative estimate of drug-likeness (QED) is 0.637. The molecule has 78 valence electrons. The molecule has 0 saturated heterocycles. The molecule has 0 bridgehead atoms. The number of aromatic nitrogens is 3. The van der Waals surface area contributed by atoms with Crippen LogP contribution in [0.4, 0.5) is 0 Å². The molecule has 2 aromatic rings. The van der Waals surface area contributed by atoms with Gasteiger partial charge in [0.2, 0.25) is 0 Å². The van der Waals surface area contributed by atoms with Gasteiger partial charge in [0.25, 0.3) is 0 Å². The van der Waals surface area contributed by atoms with E-state index in [9.17, 15) is 4.57 Å². The van der Waals surface area contributed by atoms with Crippen LogP contribution in [0.15, 0.2) is 30.6 Å².